The van der Waals surface area contributed by atoms with Crippen molar-refractivity contribution in [1.29, 1.82) is 0 Å². The van der Waals surface area contributed by atoms with Crippen LogP contribution in [0, 0.1) is 0 Å². The Bertz CT molecular complexity index is 464. The molecule has 1 rings (SSSR count). The predicted octanol–water partition coefficient (Wildman–Crippen LogP) is 0.226. The molecule has 0 unspecified atom stereocenters. The van der Waals surface area contributed by atoms with Gasteiger partial charge in [0.1, 0.15) is 0 Å². The number of aromatic nitrogens is 2. The average Bonchev–Trinajstić information content (AvgIpc) is 2.37. The highest BCUT2D eigenvalue weighted by Crippen LogP contribution is 2.08. The predicted molar refractivity (Wildman–Crippen MR) is 69.2 cm³/mol. The quantitative estimate of drug-likeness (QED) is 0.704. The Morgan fingerprint density at radius 1 is 1.44 bits per heavy atom. The highest BCUT2D eigenvalue weighted by Gasteiger charge is 2.06. The van der Waals surface area contributed by atoms with Crippen LogP contribution in [0.4, 0.5) is 5.95 Å². The van der Waals surface area contributed by atoms with Crippen LogP contribution in [0.15, 0.2) is 12.3 Å². The number of hydrogen-bond acceptors (Lipinski definition) is 6. The lowest BCUT2D eigenvalue weighted by Crippen LogP contribution is -2.26. The molecule has 0 aliphatic rings. The second-order valence-electron chi connectivity index (χ2n) is 3.52. The normalized spacial score (nSPS) is 11.2. The van der Waals surface area contributed by atoms with E-state index >= 15 is 0 Å². The summed E-state index contributed by atoms with van der Waals surface area (Å²) in [5, 5.41) is 2.83. The summed E-state index contributed by atoms with van der Waals surface area (Å²) in [6, 6.07) is 1.66. The summed E-state index contributed by atoms with van der Waals surface area (Å²) in [6.07, 6.45) is 2.46. The van der Waals surface area contributed by atoms with E-state index in [0.717, 1.165) is 6.42 Å². The summed E-state index contributed by atoms with van der Waals surface area (Å²) in [5.41, 5.74) is 0. The van der Waals surface area contributed by atoms with Gasteiger partial charge in [0.2, 0.25) is 21.9 Å². The molecule has 8 heteroatoms. The number of sulfonamides is 1. The monoisotopic (exact) mass is 274 g/mol. The number of anilines is 1. The van der Waals surface area contributed by atoms with Crippen molar-refractivity contribution >= 4 is 16.0 Å². The summed E-state index contributed by atoms with van der Waals surface area (Å²) in [5.74, 6) is 0.799. The van der Waals surface area contributed by atoms with Crippen molar-refractivity contribution in [1.82, 2.24) is 14.7 Å². The van der Waals surface area contributed by atoms with Crippen LogP contribution in [0.25, 0.3) is 0 Å². The Kier molecular flexibility index (Phi) is 5.79. The molecule has 102 valence electrons. The van der Waals surface area contributed by atoms with E-state index in [-0.39, 0.29) is 12.3 Å². The van der Waals surface area contributed by atoms with Crippen LogP contribution in [0.2, 0.25) is 0 Å². The number of nitrogens with one attached hydrogen (secondary N) is 2. The first-order valence-corrected chi connectivity index (χ1v) is 7.33. The summed E-state index contributed by atoms with van der Waals surface area (Å²) < 4.78 is 29.9. The van der Waals surface area contributed by atoms with E-state index in [2.05, 4.69) is 20.0 Å². The van der Waals surface area contributed by atoms with Gasteiger partial charge in [0, 0.05) is 18.8 Å². The average molecular weight is 274 g/mol. The van der Waals surface area contributed by atoms with E-state index in [1.165, 1.54) is 7.05 Å². The van der Waals surface area contributed by atoms with Crippen molar-refractivity contribution in [3.8, 4) is 5.88 Å². The van der Waals surface area contributed by atoms with Crippen molar-refractivity contribution < 1.29 is 13.2 Å². The zero-order valence-electron chi connectivity index (χ0n) is 10.5. The van der Waals surface area contributed by atoms with Crippen molar-refractivity contribution in [2.45, 2.75) is 13.3 Å². The Labute approximate surface area is 107 Å². The van der Waals surface area contributed by atoms with Crippen LogP contribution < -0.4 is 14.8 Å². The molecule has 7 nitrogen and oxygen atoms in total. The zero-order valence-corrected chi connectivity index (χ0v) is 11.3. The molecule has 1 heterocycles. The smallest absolute Gasteiger partial charge is 0.225 e. The molecule has 0 amide bonds. The van der Waals surface area contributed by atoms with E-state index in [0.29, 0.717) is 18.4 Å². The third-order valence-electron chi connectivity index (χ3n) is 2.05. The first-order valence-electron chi connectivity index (χ1n) is 5.68. The van der Waals surface area contributed by atoms with Crippen LogP contribution in [-0.2, 0) is 10.0 Å². The van der Waals surface area contributed by atoms with Gasteiger partial charge in [-0.05, 0) is 13.5 Å². The molecule has 0 radical (unpaired) electrons. The highest BCUT2D eigenvalue weighted by atomic mass is 32.2. The topological polar surface area (TPSA) is 93.2 Å². The highest BCUT2D eigenvalue weighted by molar-refractivity contribution is 7.89. The molecule has 0 atom stereocenters. The van der Waals surface area contributed by atoms with E-state index in [4.69, 9.17) is 4.74 Å². The van der Waals surface area contributed by atoms with E-state index in [1.807, 2.05) is 6.92 Å². The molecule has 0 saturated carbocycles. The molecular weight excluding hydrogens is 256 g/mol. The van der Waals surface area contributed by atoms with Gasteiger partial charge in [-0.25, -0.2) is 18.1 Å². The minimum Gasteiger partial charge on any atom is -0.478 e. The molecular formula is C10H18N4O3S. The largest absolute Gasteiger partial charge is 0.478 e. The Morgan fingerprint density at radius 2 is 2.22 bits per heavy atom. The van der Waals surface area contributed by atoms with Gasteiger partial charge in [0.05, 0.1) is 12.4 Å². The van der Waals surface area contributed by atoms with Gasteiger partial charge in [0.25, 0.3) is 0 Å². The van der Waals surface area contributed by atoms with Crippen LogP contribution in [0.1, 0.15) is 13.3 Å². The molecule has 0 aliphatic heterocycles. The molecule has 1 aromatic rings. The molecule has 0 saturated heterocycles. The SMILES string of the molecule is CCCOc1ccnc(NCCS(=O)(=O)NC)n1. The maximum absolute atomic E-state index is 11.2. The fraction of sp³-hybridized carbons (Fsp3) is 0.600. The molecule has 0 spiro atoms. The van der Waals surface area contributed by atoms with Crippen LogP contribution in [0.3, 0.4) is 0 Å². The minimum atomic E-state index is -3.21. The first-order chi connectivity index (χ1) is 8.57. The number of hydrogen-bond donors (Lipinski definition) is 2. The minimum absolute atomic E-state index is 0.0348. The fourth-order valence-electron chi connectivity index (χ4n) is 1.11. The van der Waals surface area contributed by atoms with Gasteiger partial charge in [0.15, 0.2) is 0 Å². The fourth-order valence-corrected chi connectivity index (χ4v) is 1.69. The third-order valence-corrected chi connectivity index (χ3v) is 3.41. The second kappa shape index (κ2) is 7.12. The molecule has 0 fully saturated rings. The lowest BCUT2D eigenvalue weighted by molar-refractivity contribution is 0.305. The van der Waals surface area contributed by atoms with E-state index < -0.39 is 10.0 Å². The Balaban J connectivity index is 2.47. The Morgan fingerprint density at radius 3 is 2.89 bits per heavy atom. The Hall–Kier alpha value is -1.41. The standard InChI is InChI=1S/C10H18N4O3S/c1-3-7-17-9-4-5-12-10(14-9)13-6-8-18(15,16)11-2/h4-5,11H,3,6-8H2,1-2H3,(H,12,13,14). The maximum atomic E-state index is 11.2. The summed E-state index contributed by atoms with van der Waals surface area (Å²) in [6.45, 7) is 2.83. The third kappa shape index (κ3) is 5.28. The summed E-state index contributed by atoms with van der Waals surface area (Å²) >= 11 is 0. The lowest BCUT2D eigenvalue weighted by atomic mass is 10.5. The van der Waals surface area contributed by atoms with Crippen molar-refractivity contribution in [2.75, 3.05) is 31.3 Å². The molecule has 0 bridgehead atoms. The molecule has 1 aromatic heterocycles. The van der Waals surface area contributed by atoms with Crippen molar-refractivity contribution in [3.63, 3.8) is 0 Å². The maximum Gasteiger partial charge on any atom is 0.225 e. The first kappa shape index (κ1) is 14.7. The molecule has 18 heavy (non-hydrogen) atoms. The molecule has 0 aromatic carbocycles. The summed E-state index contributed by atoms with van der Waals surface area (Å²) in [7, 11) is -1.83. The van der Waals surface area contributed by atoms with Crippen LogP contribution in [-0.4, -0.2) is 44.3 Å². The van der Waals surface area contributed by atoms with Crippen LogP contribution >= 0.6 is 0 Å². The summed E-state index contributed by atoms with van der Waals surface area (Å²) in [4.78, 5) is 8.07. The van der Waals surface area contributed by atoms with Gasteiger partial charge in [-0.2, -0.15) is 4.98 Å². The van der Waals surface area contributed by atoms with Gasteiger partial charge in [-0.3, -0.25) is 0 Å². The van der Waals surface area contributed by atoms with Gasteiger partial charge in [-0.15, -0.1) is 0 Å². The van der Waals surface area contributed by atoms with Crippen molar-refractivity contribution in [2.24, 2.45) is 0 Å². The zero-order chi connectivity index (χ0) is 13.4. The van der Waals surface area contributed by atoms with Gasteiger partial charge >= 0.3 is 0 Å². The number of ether oxygens (including phenoxy) is 1. The van der Waals surface area contributed by atoms with Crippen LogP contribution in [0.5, 0.6) is 5.88 Å². The lowest BCUT2D eigenvalue weighted by Gasteiger charge is -2.07. The van der Waals surface area contributed by atoms with Crippen molar-refractivity contribution in [3.05, 3.63) is 12.3 Å². The van der Waals surface area contributed by atoms with Gasteiger partial charge in [-0.1, -0.05) is 6.92 Å². The number of nitrogens with zero attached hydrogens (tertiary/aromatic N) is 2. The second-order valence-corrected chi connectivity index (χ2v) is 5.56. The molecule has 0 aliphatic carbocycles. The van der Waals surface area contributed by atoms with E-state index in [1.54, 1.807) is 12.3 Å². The van der Waals surface area contributed by atoms with E-state index in [9.17, 15) is 8.42 Å². The number of rotatable bonds is 8. The van der Waals surface area contributed by atoms with Gasteiger partial charge < -0.3 is 10.1 Å². The molecule has 2 N–H and O–H groups in total.